The molecule has 0 atom stereocenters. The Kier molecular flexibility index (Phi) is 4.66. The van der Waals surface area contributed by atoms with Gasteiger partial charge in [0.05, 0.1) is 16.4 Å². The summed E-state index contributed by atoms with van der Waals surface area (Å²) in [6.45, 7) is 2.26. The predicted molar refractivity (Wildman–Crippen MR) is 80.1 cm³/mol. The normalized spacial score (nSPS) is 10.5. The van der Waals surface area contributed by atoms with Gasteiger partial charge in [-0.15, -0.1) is 11.3 Å². The first-order valence-corrected chi connectivity index (χ1v) is 7.51. The van der Waals surface area contributed by atoms with Crippen LogP contribution in [0.15, 0.2) is 28.2 Å². The fourth-order valence-electron chi connectivity index (χ4n) is 1.49. The molecule has 2 aromatic rings. The van der Waals surface area contributed by atoms with Crippen molar-refractivity contribution in [1.82, 2.24) is 14.9 Å². The molecule has 0 fully saturated rings. The Balaban J connectivity index is 2.03. The minimum atomic E-state index is 0.0753. The smallest absolute Gasteiger partial charge is 0.219 e. The van der Waals surface area contributed by atoms with E-state index in [1.165, 1.54) is 0 Å². The molecular weight excluding hydrogens is 326 g/mol. The lowest BCUT2D eigenvalue weighted by molar-refractivity contribution is -0.127. The third-order valence-corrected chi connectivity index (χ3v) is 4.12. The molecule has 100 valence electrons. The number of nitrogens with zero attached hydrogens (tertiary/aromatic N) is 3. The second kappa shape index (κ2) is 6.25. The number of pyridine rings is 1. The van der Waals surface area contributed by atoms with Crippen molar-refractivity contribution in [3.8, 4) is 11.4 Å². The van der Waals surface area contributed by atoms with Gasteiger partial charge in [0.15, 0.2) is 0 Å². The van der Waals surface area contributed by atoms with Gasteiger partial charge in [-0.25, -0.2) is 4.98 Å². The van der Waals surface area contributed by atoms with E-state index in [4.69, 9.17) is 0 Å². The summed E-state index contributed by atoms with van der Waals surface area (Å²) < 4.78 is 0.954. The lowest BCUT2D eigenvalue weighted by Crippen LogP contribution is -2.26. The quantitative estimate of drug-likeness (QED) is 0.860. The summed E-state index contributed by atoms with van der Waals surface area (Å²) in [5.41, 5.74) is 1.75. The first-order valence-electron chi connectivity index (χ1n) is 5.84. The SMILES string of the molecule is CC(=O)N(C)CCc1nc(-c2ccc(Br)cn2)cs1. The number of thiazole rings is 1. The number of hydrogen-bond acceptors (Lipinski definition) is 4. The van der Waals surface area contributed by atoms with Crippen molar-refractivity contribution in [2.75, 3.05) is 13.6 Å². The van der Waals surface area contributed by atoms with Crippen LogP contribution < -0.4 is 0 Å². The summed E-state index contributed by atoms with van der Waals surface area (Å²) in [5.74, 6) is 0.0753. The number of carbonyl (C=O) groups excluding carboxylic acids is 1. The number of aromatic nitrogens is 2. The minimum Gasteiger partial charge on any atom is -0.346 e. The van der Waals surface area contributed by atoms with Crippen LogP contribution in [0.2, 0.25) is 0 Å². The van der Waals surface area contributed by atoms with Gasteiger partial charge in [0.2, 0.25) is 5.91 Å². The highest BCUT2D eigenvalue weighted by Gasteiger charge is 2.08. The molecule has 0 aliphatic heterocycles. The van der Waals surface area contributed by atoms with E-state index < -0.39 is 0 Å². The molecule has 0 spiro atoms. The maximum atomic E-state index is 11.1. The van der Waals surface area contributed by atoms with Crippen LogP contribution in [0.4, 0.5) is 0 Å². The number of amides is 1. The van der Waals surface area contributed by atoms with Crippen LogP contribution in [-0.2, 0) is 11.2 Å². The molecule has 6 heteroatoms. The lowest BCUT2D eigenvalue weighted by Gasteiger charge is -2.12. The molecule has 2 heterocycles. The van der Waals surface area contributed by atoms with Gasteiger partial charge in [-0.05, 0) is 28.1 Å². The summed E-state index contributed by atoms with van der Waals surface area (Å²) in [5, 5.41) is 3.02. The predicted octanol–water partition coefficient (Wildman–Crippen LogP) is 2.99. The van der Waals surface area contributed by atoms with Crippen molar-refractivity contribution < 1.29 is 4.79 Å². The Hall–Kier alpha value is -1.27. The van der Waals surface area contributed by atoms with Crippen LogP contribution in [-0.4, -0.2) is 34.4 Å². The van der Waals surface area contributed by atoms with E-state index in [1.54, 1.807) is 36.4 Å². The second-order valence-corrected chi connectivity index (χ2v) is 6.04. The molecule has 4 nitrogen and oxygen atoms in total. The Labute approximate surface area is 124 Å². The van der Waals surface area contributed by atoms with Gasteiger partial charge < -0.3 is 4.90 Å². The average molecular weight is 340 g/mol. The molecule has 2 rings (SSSR count). The first kappa shape index (κ1) is 14.1. The van der Waals surface area contributed by atoms with E-state index in [2.05, 4.69) is 25.9 Å². The zero-order valence-electron chi connectivity index (χ0n) is 10.8. The van der Waals surface area contributed by atoms with Gasteiger partial charge in [0, 0.05) is 43.0 Å². The number of likely N-dealkylation sites (N-methyl/N-ethyl adjacent to an activating group) is 1. The van der Waals surface area contributed by atoms with Crippen molar-refractivity contribution in [2.24, 2.45) is 0 Å². The Morgan fingerprint density at radius 1 is 1.42 bits per heavy atom. The highest BCUT2D eigenvalue weighted by atomic mass is 79.9. The molecule has 0 unspecified atom stereocenters. The first-order chi connectivity index (χ1) is 9.06. The summed E-state index contributed by atoms with van der Waals surface area (Å²) in [4.78, 5) is 21.7. The molecule has 19 heavy (non-hydrogen) atoms. The van der Waals surface area contributed by atoms with E-state index in [-0.39, 0.29) is 5.91 Å². The minimum absolute atomic E-state index is 0.0753. The molecule has 1 amide bonds. The summed E-state index contributed by atoms with van der Waals surface area (Å²) in [6, 6.07) is 3.88. The standard InChI is InChI=1S/C13H14BrN3OS/c1-9(18)17(2)6-5-13-16-12(8-19-13)11-4-3-10(14)7-15-11/h3-4,7-8H,5-6H2,1-2H3. The zero-order chi connectivity index (χ0) is 13.8. The van der Waals surface area contributed by atoms with E-state index >= 15 is 0 Å². The van der Waals surface area contributed by atoms with Gasteiger partial charge in [-0.3, -0.25) is 9.78 Å². The van der Waals surface area contributed by atoms with Crippen molar-refractivity contribution in [2.45, 2.75) is 13.3 Å². The number of hydrogen-bond donors (Lipinski definition) is 0. The van der Waals surface area contributed by atoms with Crippen molar-refractivity contribution in [3.05, 3.63) is 33.2 Å². The molecule has 0 radical (unpaired) electrons. The van der Waals surface area contributed by atoms with E-state index in [0.717, 1.165) is 27.3 Å². The maximum absolute atomic E-state index is 11.1. The van der Waals surface area contributed by atoms with Crippen molar-refractivity contribution >= 4 is 33.2 Å². The van der Waals surface area contributed by atoms with E-state index in [9.17, 15) is 4.79 Å². The van der Waals surface area contributed by atoms with Crippen LogP contribution in [0, 0.1) is 0 Å². The largest absolute Gasteiger partial charge is 0.346 e. The van der Waals surface area contributed by atoms with Crippen LogP contribution in [0.25, 0.3) is 11.4 Å². The third kappa shape index (κ3) is 3.84. The van der Waals surface area contributed by atoms with E-state index in [1.807, 2.05) is 17.5 Å². The van der Waals surface area contributed by atoms with Gasteiger partial charge in [-0.2, -0.15) is 0 Å². The molecule has 0 aliphatic carbocycles. The highest BCUT2D eigenvalue weighted by molar-refractivity contribution is 9.10. The van der Waals surface area contributed by atoms with Crippen molar-refractivity contribution in [3.63, 3.8) is 0 Å². The summed E-state index contributed by atoms with van der Waals surface area (Å²) in [6.07, 6.45) is 2.54. The fourth-order valence-corrected chi connectivity index (χ4v) is 2.51. The lowest BCUT2D eigenvalue weighted by atomic mass is 10.3. The monoisotopic (exact) mass is 339 g/mol. The fraction of sp³-hybridized carbons (Fsp3) is 0.308. The number of carbonyl (C=O) groups is 1. The topological polar surface area (TPSA) is 46.1 Å². The average Bonchev–Trinajstić information content (AvgIpc) is 2.85. The van der Waals surface area contributed by atoms with E-state index in [0.29, 0.717) is 6.54 Å². The van der Waals surface area contributed by atoms with Gasteiger partial charge >= 0.3 is 0 Å². The molecule has 0 bridgehead atoms. The molecule has 2 aromatic heterocycles. The van der Waals surface area contributed by atoms with Crippen LogP contribution in [0.1, 0.15) is 11.9 Å². The number of halogens is 1. The molecule has 0 saturated heterocycles. The molecule has 0 aliphatic rings. The van der Waals surface area contributed by atoms with Crippen molar-refractivity contribution in [1.29, 1.82) is 0 Å². The van der Waals surface area contributed by atoms with Gasteiger partial charge in [0.1, 0.15) is 0 Å². The third-order valence-electron chi connectivity index (χ3n) is 2.74. The van der Waals surface area contributed by atoms with Gasteiger partial charge in [0.25, 0.3) is 0 Å². The molecular formula is C13H14BrN3OS. The zero-order valence-corrected chi connectivity index (χ0v) is 13.2. The Bertz CT molecular complexity index is 568. The Morgan fingerprint density at radius 2 is 2.21 bits per heavy atom. The molecule has 0 N–H and O–H groups in total. The molecule has 0 saturated carbocycles. The highest BCUT2D eigenvalue weighted by Crippen LogP contribution is 2.21. The van der Waals surface area contributed by atoms with Crippen LogP contribution in [0.5, 0.6) is 0 Å². The van der Waals surface area contributed by atoms with Crippen LogP contribution in [0.3, 0.4) is 0 Å². The molecule has 0 aromatic carbocycles. The summed E-state index contributed by atoms with van der Waals surface area (Å²) in [7, 11) is 1.80. The maximum Gasteiger partial charge on any atom is 0.219 e. The number of rotatable bonds is 4. The second-order valence-electron chi connectivity index (χ2n) is 4.18. The van der Waals surface area contributed by atoms with Crippen LogP contribution >= 0.6 is 27.3 Å². The Morgan fingerprint density at radius 3 is 2.84 bits per heavy atom. The summed E-state index contributed by atoms with van der Waals surface area (Å²) >= 11 is 4.96. The van der Waals surface area contributed by atoms with Gasteiger partial charge in [-0.1, -0.05) is 0 Å².